The predicted molar refractivity (Wildman–Crippen MR) is 87.4 cm³/mol. The Kier molecular flexibility index (Phi) is 4.18. The molecule has 0 aromatic heterocycles. The first-order chi connectivity index (χ1) is 11.2. The van der Waals surface area contributed by atoms with Gasteiger partial charge in [-0.05, 0) is 44.0 Å². The summed E-state index contributed by atoms with van der Waals surface area (Å²) in [5.74, 6) is -4.84. The molecule has 0 spiro atoms. The second-order valence-corrected chi connectivity index (χ2v) is 6.72. The van der Waals surface area contributed by atoms with Gasteiger partial charge in [0.05, 0.1) is 11.4 Å². The van der Waals surface area contributed by atoms with E-state index < -0.39 is 23.4 Å². The number of hydrogen-bond acceptors (Lipinski definition) is 4. The Morgan fingerprint density at radius 3 is 2.46 bits per heavy atom. The van der Waals surface area contributed by atoms with Crippen molar-refractivity contribution >= 4 is 29.2 Å². The van der Waals surface area contributed by atoms with Crippen molar-refractivity contribution in [3.8, 4) is 0 Å². The quantitative estimate of drug-likeness (QED) is 0.562. The second kappa shape index (κ2) is 6.03. The average Bonchev–Trinajstić information content (AvgIpc) is 2.51. The standard InChI is InChI=1S/C16H14F3N3OS/c1-16(2)21-12-4-3-8(5-13(12)24-22-16)15(23)20-9-6-10(17)14(19)11(18)7-9/h3-7,21-22H,1-2H3,(H,20,23). The van der Waals surface area contributed by atoms with E-state index in [1.165, 1.54) is 11.9 Å². The predicted octanol–water partition coefficient (Wildman–Crippen LogP) is 4.11. The summed E-state index contributed by atoms with van der Waals surface area (Å²) in [6, 6.07) is 6.47. The maximum absolute atomic E-state index is 13.2. The molecule has 4 nitrogen and oxygen atoms in total. The Morgan fingerprint density at radius 2 is 1.79 bits per heavy atom. The molecule has 0 bridgehead atoms. The van der Waals surface area contributed by atoms with Crippen molar-refractivity contribution < 1.29 is 18.0 Å². The van der Waals surface area contributed by atoms with Crippen LogP contribution in [0.3, 0.4) is 0 Å². The van der Waals surface area contributed by atoms with Crippen LogP contribution in [0, 0.1) is 17.5 Å². The summed E-state index contributed by atoms with van der Waals surface area (Å²) < 4.78 is 42.5. The Bertz CT molecular complexity index is 803. The largest absolute Gasteiger partial charge is 0.366 e. The molecule has 1 amide bonds. The van der Waals surface area contributed by atoms with Crippen molar-refractivity contribution in [1.29, 1.82) is 0 Å². The van der Waals surface area contributed by atoms with Crippen LogP contribution >= 0.6 is 11.9 Å². The van der Waals surface area contributed by atoms with Crippen LogP contribution < -0.4 is 15.4 Å². The van der Waals surface area contributed by atoms with Gasteiger partial charge in [0.1, 0.15) is 0 Å². The van der Waals surface area contributed by atoms with Crippen LogP contribution in [0.4, 0.5) is 24.5 Å². The van der Waals surface area contributed by atoms with Crippen LogP contribution in [0.2, 0.25) is 0 Å². The highest BCUT2D eigenvalue weighted by Crippen LogP contribution is 2.34. The van der Waals surface area contributed by atoms with Gasteiger partial charge in [-0.15, -0.1) is 0 Å². The molecule has 126 valence electrons. The van der Waals surface area contributed by atoms with Gasteiger partial charge < -0.3 is 10.6 Å². The van der Waals surface area contributed by atoms with Gasteiger partial charge in [0, 0.05) is 28.3 Å². The summed E-state index contributed by atoms with van der Waals surface area (Å²) in [6.45, 7) is 3.95. The second-order valence-electron chi connectivity index (χ2n) is 5.87. The van der Waals surface area contributed by atoms with Gasteiger partial charge in [0.25, 0.3) is 5.91 Å². The lowest BCUT2D eigenvalue weighted by Gasteiger charge is -2.34. The molecule has 2 aromatic rings. The van der Waals surface area contributed by atoms with Gasteiger partial charge in [-0.2, -0.15) is 0 Å². The van der Waals surface area contributed by atoms with Gasteiger partial charge in [0.15, 0.2) is 17.5 Å². The van der Waals surface area contributed by atoms with Gasteiger partial charge in [-0.1, -0.05) is 0 Å². The molecule has 8 heteroatoms. The molecule has 1 heterocycles. The molecule has 0 radical (unpaired) electrons. The normalized spacial score (nSPS) is 15.4. The Hall–Kier alpha value is -2.19. The monoisotopic (exact) mass is 353 g/mol. The molecular weight excluding hydrogens is 339 g/mol. The lowest BCUT2D eigenvalue weighted by atomic mass is 10.1. The fourth-order valence-corrected chi connectivity index (χ4v) is 3.06. The van der Waals surface area contributed by atoms with Crippen LogP contribution in [0.5, 0.6) is 0 Å². The number of anilines is 2. The van der Waals surface area contributed by atoms with Gasteiger partial charge >= 0.3 is 0 Å². The fourth-order valence-electron chi connectivity index (χ4n) is 2.23. The Morgan fingerprint density at radius 1 is 1.12 bits per heavy atom. The maximum atomic E-state index is 13.2. The number of hydrogen-bond donors (Lipinski definition) is 3. The minimum absolute atomic E-state index is 0.154. The Balaban J connectivity index is 1.81. The molecule has 24 heavy (non-hydrogen) atoms. The van der Waals surface area contributed by atoms with Crippen LogP contribution in [0.1, 0.15) is 24.2 Å². The van der Waals surface area contributed by atoms with E-state index in [2.05, 4.69) is 15.4 Å². The van der Waals surface area contributed by atoms with E-state index in [9.17, 15) is 18.0 Å². The highest BCUT2D eigenvalue weighted by molar-refractivity contribution is 7.97. The molecule has 0 saturated carbocycles. The first kappa shape index (κ1) is 16.7. The van der Waals surface area contributed by atoms with Gasteiger partial charge in [-0.3, -0.25) is 4.79 Å². The summed E-state index contributed by atoms with van der Waals surface area (Å²) >= 11 is 1.38. The Labute approximate surface area is 141 Å². The third-order valence-electron chi connectivity index (χ3n) is 3.35. The molecule has 3 N–H and O–H groups in total. The van der Waals surface area contributed by atoms with Crippen LogP contribution in [0.15, 0.2) is 35.2 Å². The number of amides is 1. The molecule has 1 aliphatic rings. The molecular formula is C16H14F3N3OS. The van der Waals surface area contributed by atoms with E-state index in [1.807, 2.05) is 13.8 Å². The minimum Gasteiger partial charge on any atom is -0.366 e. The minimum atomic E-state index is -1.57. The molecule has 2 aromatic carbocycles. The van der Waals surface area contributed by atoms with Crippen LogP contribution in [0.25, 0.3) is 0 Å². The van der Waals surface area contributed by atoms with Crippen LogP contribution in [-0.4, -0.2) is 11.6 Å². The molecule has 0 atom stereocenters. The third-order valence-corrected chi connectivity index (χ3v) is 4.52. The molecule has 3 rings (SSSR count). The first-order valence-corrected chi connectivity index (χ1v) is 7.89. The van der Waals surface area contributed by atoms with Crippen molar-refractivity contribution in [3.63, 3.8) is 0 Å². The number of carbonyl (C=O) groups excluding carboxylic acids is 1. The average molecular weight is 353 g/mol. The zero-order valence-electron chi connectivity index (χ0n) is 12.8. The smallest absolute Gasteiger partial charge is 0.255 e. The van der Waals surface area contributed by atoms with E-state index in [0.717, 1.165) is 22.7 Å². The zero-order chi connectivity index (χ0) is 17.5. The highest BCUT2D eigenvalue weighted by atomic mass is 32.2. The summed E-state index contributed by atoms with van der Waals surface area (Å²) in [5, 5.41) is 5.62. The molecule has 0 saturated heterocycles. The maximum Gasteiger partial charge on any atom is 0.255 e. The SMILES string of the molecule is CC1(C)NSc2cc(C(=O)Nc3cc(F)c(F)c(F)c3)ccc2N1. The molecule has 0 fully saturated rings. The van der Waals surface area contributed by atoms with Gasteiger partial charge in [-0.25, -0.2) is 17.9 Å². The number of halogens is 3. The lowest BCUT2D eigenvalue weighted by Crippen LogP contribution is -2.45. The first-order valence-electron chi connectivity index (χ1n) is 7.07. The molecule has 0 unspecified atom stereocenters. The third kappa shape index (κ3) is 3.34. The number of rotatable bonds is 2. The lowest BCUT2D eigenvalue weighted by molar-refractivity contribution is 0.102. The zero-order valence-corrected chi connectivity index (χ0v) is 13.7. The van der Waals surface area contributed by atoms with Crippen molar-refractivity contribution in [3.05, 3.63) is 53.3 Å². The van der Waals surface area contributed by atoms with Crippen molar-refractivity contribution in [1.82, 2.24) is 4.72 Å². The number of carbonyl (C=O) groups is 1. The van der Waals surface area contributed by atoms with Gasteiger partial charge in [0.2, 0.25) is 0 Å². The van der Waals surface area contributed by atoms with Crippen molar-refractivity contribution in [2.75, 3.05) is 10.6 Å². The van der Waals surface area contributed by atoms with E-state index in [1.54, 1.807) is 18.2 Å². The van der Waals surface area contributed by atoms with Crippen molar-refractivity contribution in [2.24, 2.45) is 0 Å². The fraction of sp³-hybridized carbons (Fsp3) is 0.188. The summed E-state index contributed by atoms with van der Waals surface area (Å²) in [4.78, 5) is 13.1. The topological polar surface area (TPSA) is 53.2 Å². The summed E-state index contributed by atoms with van der Waals surface area (Å²) in [6.07, 6.45) is 0. The highest BCUT2D eigenvalue weighted by Gasteiger charge is 2.24. The van der Waals surface area contributed by atoms with E-state index in [0.29, 0.717) is 5.56 Å². The van der Waals surface area contributed by atoms with Crippen molar-refractivity contribution in [2.45, 2.75) is 24.4 Å². The summed E-state index contributed by atoms with van der Waals surface area (Å²) in [7, 11) is 0. The van der Waals surface area contributed by atoms with Crippen LogP contribution in [-0.2, 0) is 0 Å². The molecule has 1 aliphatic heterocycles. The van der Waals surface area contributed by atoms with E-state index in [-0.39, 0.29) is 11.4 Å². The number of fused-ring (bicyclic) bond motifs is 1. The molecule has 0 aliphatic carbocycles. The number of benzene rings is 2. The summed E-state index contributed by atoms with van der Waals surface area (Å²) in [5.41, 5.74) is 0.748. The van der Waals surface area contributed by atoms with E-state index in [4.69, 9.17) is 0 Å². The van der Waals surface area contributed by atoms with E-state index >= 15 is 0 Å². The number of nitrogens with one attached hydrogen (secondary N) is 3.